The Morgan fingerprint density at radius 3 is 1.29 bits per heavy atom. The quantitative estimate of drug-likeness (QED) is 0.200. The molecule has 0 aliphatic heterocycles. The summed E-state index contributed by atoms with van der Waals surface area (Å²) in [5.41, 5.74) is 6.64. The number of hydrogen-bond acceptors (Lipinski definition) is 4. The van der Waals surface area contributed by atoms with E-state index >= 15 is 0 Å². The van der Waals surface area contributed by atoms with E-state index < -0.39 is 0 Å². The van der Waals surface area contributed by atoms with Crippen molar-refractivity contribution in [1.29, 1.82) is 0 Å². The molecule has 0 saturated carbocycles. The number of H-pyrrole nitrogens is 2. The Balaban J connectivity index is 1.34. The number of benzene rings is 3. The SMILES string of the molecule is CCC(CC)c1ccc(-c2nc(-c3cccc(-c4n[nH]c(-c5ccc(C(CC)CC)cc5)n4)c3)n[nH]2)cc1. The minimum atomic E-state index is 0.599. The van der Waals surface area contributed by atoms with Crippen molar-refractivity contribution < 1.29 is 0 Å². The molecule has 38 heavy (non-hydrogen) atoms. The van der Waals surface area contributed by atoms with Crippen LogP contribution in [0.2, 0.25) is 0 Å². The van der Waals surface area contributed by atoms with E-state index in [1.54, 1.807) is 0 Å². The number of aromatic amines is 2. The molecule has 5 rings (SSSR count). The van der Waals surface area contributed by atoms with Gasteiger partial charge < -0.3 is 0 Å². The summed E-state index contributed by atoms with van der Waals surface area (Å²) in [6.07, 6.45) is 4.59. The highest BCUT2D eigenvalue weighted by molar-refractivity contribution is 5.69. The summed E-state index contributed by atoms with van der Waals surface area (Å²) in [4.78, 5) is 9.55. The van der Waals surface area contributed by atoms with Gasteiger partial charge in [-0.1, -0.05) is 94.4 Å². The summed E-state index contributed by atoms with van der Waals surface area (Å²) in [5.74, 6) is 4.03. The first-order chi connectivity index (χ1) is 18.6. The van der Waals surface area contributed by atoms with Crippen molar-refractivity contribution in [2.75, 3.05) is 0 Å². The van der Waals surface area contributed by atoms with Crippen LogP contribution >= 0.6 is 0 Å². The molecule has 2 heterocycles. The molecule has 194 valence electrons. The molecular formula is C32H36N6. The lowest BCUT2D eigenvalue weighted by molar-refractivity contribution is 0.642. The summed E-state index contributed by atoms with van der Waals surface area (Å²) in [6, 6.07) is 25.4. The normalized spacial score (nSPS) is 11.5. The van der Waals surface area contributed by atoms with Gasteiger partial charge in [0.1, 0.15) is 0 Å². The summed E-state index contributed by atoms with van der Waals surface area (Å²) >= 11 is 0. The fourth-order valence-corrected chi connectivity index (χ4v) is 5.18. The third kappa shape index (κ3) is 5.30. The molecule has 0 amide bonds. The zero-order chi connectivity index (χ0) is 26.5. The topological polar surface area (TPSA) is 83.1 Å². The lowest BCUT2D eigenvalue weighted by atomic mass is 9.93. The van der Waals surface area contributed by atoms with Gasteiger partial charge in [-0.05, 0) is 54.7 Å². The highest BCUT2D eigenvalue weighted by atomic mass is 15.2. The van der Waals surface area contributed by atoms with Crippen molar-refractivity contribution in [3.63, 3.8) is 0 Å². The van der Waals surface area contributed by atoms with Crippen molar-refractivity contribution in [3.8, 4) is 45.6 Å². The largest absolute Gasteiger partial charge is 0.259 e. The Bertz CT molecular complexity index is 1350. The molecule has 0 spiro atoms. The molecule has 0 saturated heterocycles. The van der Waals surface area contributed by atoms with Crippen LogP contribution in [0.15, 0.2) is 72.8 Å². The molecular weight excluding hydrogens is 468 g/mol. The average molecular weight is 505 g/mol. The van der Waals surface area contributed by atoms with Crippen LogP contribution in [0.5, 0.6) is 0 Å². The molecule has 0 radical (unpaired) electrons. The minimum Gasteiger partial charge on any atom is -0.259 e. The number of nitrogens with zero attached hydrogens (tertiary/aromatic N) is 4. The fourth-order valence-electron chi connectivity index (χ4n) is 5.18. The van der Waals surface area contributed by atoms with Gasteiger partial charge in [0.2, 0.25) is 0 Å². The van der Waals surface area contributed by atoms with Crippen LogP contribution in [-0.2, 0) is 0 Å². The van der Waals surface area contributed by atoms with Gasteiger partial charge in [0, 0.05) is 22.3 Å². The Morgan fingerprint density at radius 1 is 0.526 bits per heavy atom. The molecule has 0 fully saturated rings. The van der Waals surface area contributed by atoms with Crippen LogP contribution in [0.4, 0.5) is 0 Å². The minimum absolute atomic E-state index is 0.599. The van der Waals surface area contributed by atoms with Gasteiger partial charge in [0.05, 0.1) is 0 Å². The molecule has 6 heteroatoms. The number of aromatic nitrogens is 6. The average Bonchev–Trinajstić information content (AvgIpc) is 3.66. The zero-order valence-corrected chi connectivity index (χ0v) is 22.7. The summed E-state index contributed by atoms with van der Waals surface area (Å²) in [7, 11) is 0. The zero-order valence-electron chi connectivity index (χ0n) is 22.7. The van der Waals surface area contributed by atoms with Gasteiger partial charge in [-0.3, -0.25) is 10.2 Å². The van der Waals surface area contributed by atoms with E-state index in [0.717, 1.165) is 59.6 Å². The maximum absolute atomic E-state index is 4.77. The van der Waals surface area contributed by atoms with Gasteiger partial charge in [0.25, 0.3) is 0 Å². The third-order valence-electron chi connectivity index (χ3n) is 7.63. The van der Waals surface area contributed by atoms with Crippen molar-refractivity contribution in [2.24, 2.45) is 0 Å². The van der Waals surface area contributed by atoms with E-state index in [4.69, 9.17) is 9.97 Å². The fraction of sp³-hybridized carbons (Fsp3) is 0.312. The second-order valence-corrected chi connectivity index (χ2v) is 9.87. The molecule has 0 unspecified atom stereocenters. The van der Waals surface area contributed by atoms with E-state index in [0.29, 0.717) is 23.5 Å². The molecule has 2 N–H and O–H groups in total. The summed E-state index contributed by atoms with van der Waals surface area (Å²) in [5, 5.41) is 15.2. The Labute approximate surface area is 225 Å². The molecule has 0 atom stereocenters. The van der Waals surface area contributed by atoms with Crippen LogP contribution in [0.3, 0.4) is 0 Å². The molecule has 3 aromatic carbocycles. The Kier molecular flexibility index (Phi) is 7.78. The highest BCUT2D eigenvalue weighted by Crippen LogP contribution is 2.29. The molecule has 2 aromatic heterocycles. The van der Waals surface area contributed by atoms with Gasteiger partial charge in [-0.2, -0.15) is 10.2 Å². The number of hydrogen-bond donors (Lipinski definition) is 2. The van der Waals surface area contributed by atoms with Crippen molar-refractivity contribution in [1.82, 2.24) is 30.4 Å². The predicted octanol–water partition coefficient (Wildman–Crippen LogP) is 8.40. The molecule has 6 nitrogen and oxygen atoms in total. The van der Waals surface area contributed by atoms with Gasteiger partial charge in [-0.25, -0.2) is 9.97 Å². The first-order valence-corrected chi connectivity index (χ1v) is 13.8. The predicted molar refractivity (Wildman–Crippen MR) is 155 cm³/mol. The van der Waals surface area contributed by atoms with Crippen LogP contribution in [0.25, 0.3) is 45.6 Å². The second-order valence-electron chi connectivity index (χ2n) is 9.87. The second kappa shape index (κ2) is 11.5. The molecule has 5 aromatic rings. The van der Waals surface area contributed by atoms with Crippen LogP contribution < -0.4 is 0 Å². The smallest absolute Gasteiger partial charge is 0.181 e. The maximum Gasteiger partial charge on any atom is 0.181 e. The highest BCUT2D eigenvalue weighted by Gasteiger charge is 2.14. The van der Waals surface area contributed by atoms with Gasteiger partial charge in [0.15, 0.2) is 23.3 Å². The van der Waals surface area contributed by atoms with Crippen molar-refractivity contribution in [3.05, 3.63) is 83.9 Å². The number of nitrogens with one attached hydrogen (secondary N) is 2. The van der Waals surface area contributed by atoms with E-state index in [1.807, 2.05) is 24.3 Å². The van der Waals surface area contributed by atoms with Gasteiger partial charge in [-0.15, -0.1) is 0 Å². The van der Waals surface area contributed by atoms with Crippen LogP contribution in [-0.4, -0.2) is 30.4 Å². The van der Waals surface area contributed by atoms with E-state index in [2.05, 4.69) is 96.6 Å². The molecule has 0 aliphatic carbocycles. The van der Waals surface area contributed by atoms with Crippen LogP contribution in [0.1, 0.15) is 76.3 Å². The monoisotopic (exact) mass is 504 g/mol. The summed E-state index contributed by atoms with van der Waals surface area (Å²) in [6.45, 7) is 8.96. The van der Waals surface area contributed by atoms with E-state index in [1.165, 1.54) is 11.1 Å². The van der Waals surface area contributed by atoms with Crippen LogP contribution in [0, 0.1) is 0 Å². The molecule has 0 aliphatic rings. The first kappa shape index (κ1) is 25.6. The van der Waals surface area contributed by atoms with E-state index in [9.17, 15) is 0 Å². The maximum atomic E-state index is 4.77. The third-order valence-corrected chi connectivity index (χ3v) is 7.63. The first-order valence-electron chi connectivity index (χ1n) is 13.8. The van der Waals surface area contributed by atoms with E-state index in [-0.39, 0.29) is 0 Å². The van der Waals surface area contributed by atoms with Gasteiger partial charge >= 0.3 is 0 Å². The van der Waals surface area contributed by atoms with Crippen molar-refractivity contribution in [2.45, 2.75) is 65.2 Å². The summed E-state index contributed by atoms with van der Waals surface area (Å²) < 4.78 is 0. The standard InChI is InChI=1S/C32H36N6/c1-5-21(6-2)23-12-16-25(17-13-23)29-33-31(37-35-29)27-10-9-11-28(20-27)32-34-30(36-38-32)26-18-14-24(15-19-26)22(7-3)8-4/h9-22H,5-8H2,1-4H3,(H,33,35,37)(H,34,36,38). The molecule has 0 bridgehead atoms. The van der Waals surface area contributed by atoms with Crippen molar-refractivity contribution >= 4 is 0 Å². The Hall–Kier alpha value is -4.06. The number of rotatable bonds is 10. The lowest BCUT2D eigenvalue weighted by Crippen LogP contribution is -1.95. The Morgan fingerprint density at radius 2 is 0.921 bits per heavy atom. The lowest BCUT2D eigenvalue weighted by Gasteiger charge is -2.12.